The average Bonchev–Trinajstić information content (AvgIpc) is 2.36. The molecule has 1 rings (SSSR count). The fourth-order valence-corrected chi connectivity index (χ4v) is 1.50. The van der Waals surface area contributed by atoms with Gasteiger partial charge in [-0.25, -0.2) is 8.78 Å². The smallest absolute Gasteiger partial charge is 0.418 e. The zero-order valence-corrected chi connectivity index (χ0v) is 9.96. The third kappa shape index (κ3) is 3.20. The number of nitrogens with zero attached hydrogens (tertiary/aromatic N) is 2. The van der Waals surface area contributed by atoms with Crippen LogP contribution >= 0.6 is 0 Å². The monoisotopic (exact) mass is 294 g/mol. The molecule has 0 fully saturated rings. The first-order valence-electron chi connectivity index (χ1n) is 5.06. The van der Waals surface area contributed by atoms with Crippen molar-refractivity contribution in [2.45, 2.75) is 19.0 Å². The number of methoxy groups -OCH3 is 1. The molecule has 0 radical (unpaired) electrons. The number of carbonyl (C=O) groups excluding carboxylic acids is 1. The highest BCUT2D eigenvalue weighted by atomic mass is 19.4. The number of carbonyl (C=O) groups is 1. The molecule has 0 aliphatic heterocycles. The van der Waals surface area contributed by atoms with E-state index < -0.39 is 47.4 Å². The van der Waals surface area contributed by atoms with Crippen LogP contribution in [0, 0.1) is 11.3 Å². The third-order valence-electron chi connectivity index (χ3n) is 2.36. The Bertz CT molecular complexity index is 563. The van der Waals surface area contributed by atoms with Crippen LogP contribution in [-0.4, -0.2) is 18.1 Å². The molecule has 0 saturated carbocycles. The summed E-state index contributed by atoms with van der Waals surface area (Å²) in [6.07, 6.45) is -9.01. The van der Waals surface area contributed by atoms with E-state index in [1.165, 1.54) is 6.07 Å². The van der Waals surface area contributed by atoms with Crippen LogP contribution in [0.1, 0.15) is 28.8 Å². The summed E-state index contributed by atoms with van der Waals surface area (Å²) in [5.74, 6) is -0.938. The lowest BCUT2D eigenvalue weighted by molar-refractivity contribution is -0.141. The molecule has 1 heterocycles. The third-order valence-corrected chi connectivity index (χ3v) is 2.36. The standard InChI is InChI=1S/C11H7F5N2O2/c1-20-8(19)2-7-5(3-17)9(11(14,15)16)6(4-18-7)10(12)13/h4,10H,2H2,1H3. The van der Waals surface area contributed by atoms with Crippen LogP contribution in [0.2, 0.25) is 0 Å². The van der Waals surface area contributed by atoms with Crippen molar-refractivity contribution in [3.63, 3.8) is 0 Å². The van der Waals surface area contributed by atoms with Gasteiger partial charge in [0.2, 0.25) is 0 Å². The van der Waals surface area contributed by atoms with Crippen LogP contribution in [0.4, 0.5) is 22.0 Å². The summed E-state index contributed by atoms with van der Waals surface area (Å²) in [6, 6.07) is 1.17. The maximum Gasteiger partial charge on any atom is 0.418 e. The second-order valence-electron chi connectivity index (χ2n) is 3.57. The van der Waals surface area contributed by atoms with Crippen LogP contribution in [0.3, 0.4) is 0 Å². The van der Waals surface area contributed by atoms with E-state index in [9.17, 15) is 26.7 Å². The van der Waals surface area contributed by atoms with Crippen LogP contribution in [0.5, 0.6) is 0 Å². The van der Waals surface area contributed by atoms with E-state index in [4.69, 9.17) is 5.26 Å². The van der Waals surface area contributed by atoms with Crippen molar-refractivity contribution in [3.05, 3.63) is 28.6 Å². The van der Waals surface area contributed by atoms with Gasteiger partial charge in [-0.2, -0.15) is 18.4 Å². The van der Waals surface area contributed by atoms with Gasteiger partial charge in [-0.1, -0.05) is 0 Å². The first-order chi connectivity index (χ1) is 9.22. The summed E-state index contributed by atoms with van der Waals surface area (Å²) in [7, 11) is 0.993. The number of hydrogen-bond acceptors (Lipinski definition) is 4. The fraction of sp³-hybridized carbons (Fsp3) is 0.364. The lowest BCUT2D eigenvalue weighted by atomic mass is 10.00. The molecule has 0 bridgehead atoms. The maximum absolute atomic E-state index is 12.8. The van der Waals surface area contributed by atoms with Crippen molar-refractivity contribution in [2.24, 2.45) is 0 Å². The number of pyridine rings is 1. The van der Waals surface area contributed by atoms with E-state index in [0.29, 0.717) is 6.20 Å². The number of esters is 1. The van der Waals surface area contributed by atoms with Crippen molar-refractivity contribution < 1.29 is 31.5 Å². The summed E-state index contributed by atoms with van der Waals surface area (Å²) < 4.78 is 67.9. The van der Waals surface area contributed by atoms with E-state index in [1.807, 2.05) is 0 Å². The normalized spacial score (nSPS) is 11.3. The molecule has 0 unspecified atom stereocenters. The second-order valence-corrected chi connectivity index (χ2v) is 3.57. The van der Waals surface area contributed by atoms with Crippen LogP contribution in [0.25, 0.3) is 0 Å². The number of halogens is 5. The Labute approximate surface area is 109 Å². The zero-order chi connectivity index (χ0) is 15.5. The van der Waals surface area contributed by atoms with E-state index >= 15 is 0 Å². The number of nitriles is 1. The van der Waals surface area contributed by atoms with Gasteiger partial charge in [-0.15, -0.1) is 0 Å². The molecular weight excluding hydrogens is 287 g/mol. The zero-order valence-electron chi connectivity index (χ0n) is 9.96. The summed E-state index contributed by atoms with van der Waals surface area (Å²) in [5, 5.41) is 8.77. The summed E-state index contributed by atoms with van der Waals surface area (Å²) in [4.78, 5) is 14.4. The Morgan fingerprint density at radius 3 is 2.50 bits per heavy atom. The van der Waals surface area contributed by atoms with Crippen molar-refractivity contribution >= 4 is 5.97 Å². The van der Waals surface area contributed by atoms with Crippen molar-refractivity contribution in [3.8, 4) is 6.07 Å². The molecule has 0 aromatic carbocycles. The van der Waals surface area contributed by atoms with Gasteiger partial charge in [-0.3, -0.25) is 9.78 Å². The van der Waals surface area contributed by atoms with Gasteiger partial charge in [0.05, 0.1) is 30.4 Å². The first kappa shape index (κ1) is 15.8. The van der Waals surface area contributed by atoms with Gasteiger partial charge < -0.3 is 4.74 Å². The first-order valence-corrected chi connectivity index (χ1v) is 5.06. The minimum atomic E-state index is -5.16. The molecule has 0 spiro atoms. The lowest BCUT2D eigenvalue weighted by Crippen LogP contribution is -2.17. The van der Waals surface area contributed by atoms with Gasteiger partial charge in [0.1, 0.15) is 6.07 Å². The fourth-order valence-electron chi connectivity index (χ4n) is 1.50. The average molecular weight is 294 g/mol. The molecule has 1 aromatic rings. The molecule has 108 valence electrons. The molecular formula is C11H7F5N2O2. The lowest BCUT2D eigenvalue weighted by Gasteiger charge is -2.15. The molecule has 4 nitrogen and oxygen atoms in total. The molecule has 20 heavy (non-hydrogen) atoms. The van der Waals surface area contributed by atoms with Crippen molar-refractivity contribution in [1.29, 1.82) is 5.26 Å². The van der Waals surface area contributed by atoms with Crippen LogP contribution in [0.15, 0.2) is 6.20 Å². The Kier molecular flexibility index (Phi) is 4.60. The molecule has 0 aliphatic carbocycles. The summed E-state index contributed by atoms with van der Waals surface area (Å²) in [6.45, 7) is 0. The number of ether oxygens (including phenoxy) is 1. The van der Waals surface area contributed by atoms with E-state index in [2.05, 4.69) is 9.72 Å². The SMILES string of the molecule is COC(=O)Cc1ncc(C(F)F)c(C(F)(F)F)c1C#N. The molecule has 0 aliphatic rings. The van der Waals surface area contributed by atoms with Gasteiger partial charge in [0, 0.05) is 11.8 Å². The Hall–Kier alpha value is -2.24. The maximum atomic E-state index is 12.8. The van der Waals surface area contributed by atoms with E-state index in [-0.39, 0.29) is 0 Å². The van der Waals surface area contributed by atoms with Gasteiger partial charge in [0.25, 0.3) is 6.43 Å². The minimum Gasteiger partial charge on any atom is -0.469 e. The molecule has 0 saturated heterocycles. The minimum absolute atomic E-state index is 0.312. The summed E-state index contributed by atoms with van der Waals surface area (Å²) >= 11 is 0. The van der Waals surface area contributed by atoms with E-state index in [1.54, 1.807) is 0 Å². The van der Waals surface area contributed by atoms with Gasteiger partial charge in [0.15, 0.2) is 0 Å². The second kappa shape index (κ2) is 5.81. The number of alkyl halides is 5. The van der Waals surface area contributed by atoms with Crippen molar-refractivity contribution in [2.75, 3.05) is 7.11 Å². The Morgan fingerprint density at radius 2 is 2.10 bits per heavy atom. The Morgan fingerprint density at radius 1 is 1.50 bits per heavy atom. The van der Waals surface area contributed by atoms with E-state index in [0.717, 1.165) is 7.11 Å². The van der Waals surface area contributed by atoms with Crippen LogP contribution < -0.4 is 0 Å². The Balaban J connectivity index is 3.54. The predicted octanol–water partition coefficient (Wildman–Crippen LogP) is 2.63. The highest BCUT2D eigenvalue weighted by molar-refractivity contribution is 5.73. The van der Waals surface area contributed by atoms with Gasteiger partial charge in [-0.05, 0) is 0 Å². The molecule has 0 amide bonds. The molecule has 9 heteroatoms. The molecule has 0 atom stereocenters. The number of hydrogen-bond donors (Lipinski definition) is 0. The highest BCUT2D eigenvalue weighted by Crippen LogP contribution is 2.39. The topological polar surface area (TPSA) is 63.0 Å². The molecule has 1 aromatic heterocycles. The molecule has 0 N–H and O–H groups in total. The largest absolute Gasteiger partial charge is 0.469 e. The van der Waals surface area contributed by atoms with Gasteiger partial charge >= 0.3 is 12.1 Å². The van der Waals surface area contributed by atoms with Crippen LogP contribution in [-0.2, 0) is 22.1 Å². The highest BCUT2D eigenvalue weighted by Gasteiger charge is 2.40. The number of rotatable bonds is 3. The summed E-state index contributed by atoms with van der Waals surface area (Å²) in [5.41, 5.74) is -4.83. The predicted molar refractivity (Wildman–Crippen MR) is 54.6 cm³/mol. The number of aromatic nitrogens is 1. The quantitative estimate of drug-likeness (QED) is 0.635. The van der Waals surface area contributed by atoms with Crippen molar-refractivity contribution in [1.82, 2.24) is 4.98 Å².